The zero-order chi connectivity index (χ0) is 23.1. The number of nitrogens with zero attached hydrogens (tertiary/aromatic N) is 1. The van der Waals surface area contributed by atoms with Crippen LogP contribution in [-0.2, 0) is 16.1 Å². The highest BCUT2D eigenvalue weighted by Crippen LogP contribution is 2.33. The highest BCUT2D eigenvalue weighted by molar-refractivity contribution is 9.10. The van der Waals surface area contributed by atoms with E-state index in [0.29, 0.717) is 17.9 Å². The number of carbonyl (C=O) groups excluding carboxylic acids is 2. The van der Waals surface area contributed by atoms with Gasteiger partial charge in [-0.25, -0.2) is 4.39 Å². The Balaban J connectivity index is 1.79. The number of hydrogen-bond donors (Lipinski definition) is 1. The normalized spacial score (nSPS) is 11.8. The van der Waals surface area contributed by atoms with Gasteiger partial charge in [-0.1, -0.05) is 55.5 Å². The lowest BCUT2D eigenvalue weighted by Crippen LogP contribution is -2.49. The Kier molecular flexibility index (Phi) is 8.22. The Morgan fingerprint density at radius 2 is 1.81 bits per heavy atom. The Morgan fingerprint density at radius 1 is 1.09 bits per heavy atom. The van der Waals surface area contributed by atoms with Crippen molar-refractivity contribution < 1.29 is 18.7 Å². The summed E-state index contributed by atoms with van der Waals surface area (Å²) in [5, 5.41) is 4.80. The van der Waals surface area contributed by atoms with Crippen LogP contribution in [0.5, 0.6) is 5.75 Å². The van der Waals surface area contributed by atoms with Gasteiger partial charge in [-0.2, -0.15) is 0 Å². The maximum Gasteiger partial charge on any atom is 0.261 e. The van der Waals surface area contributed by atoms with Crippen molar-refractivity contribution >= 4 is 38.5 Å². The van der Waals surface area contributed by atoms with Crippen molar-refractivity contribution in [2.45, 2.75) is 32.9 Å². The fraction of sp³-hybridized carbons (Fsp3) is 0.280. The van der Waals surface area contributed by atoms with E-state index in [1.54, 1.807) is 31.2 Å². The van der Waals surface area contributed by atoms with E-state index in [1.807, 2.05) is 37.3 Å². The highest BCUT2D eigenvalue weighted by Gasteiger charge is 2.27. The number of amides is 2. The average Bonchev–Trinajstić information content (AvgIpc) is 2.81. The van der Waals surface area contributed by atoms with Crippen LogP contribution in [0, 0.1) is 5.82 Å². The zero-order valence-electron chi connectivity index (χ0n) is 18.1. The van der Waals surface area contributed by atoms with E-state index >= 15 is 0 Å². The summed E-state index contributed by atoms with van der Waals surface area (Å²) in [7, 11) is 0. The quantitative estimate of drug-likeness (QED) is 0.446. The van der Waals surface area contributed by atoms with Gasteiger partial charge in [-0.3, -0.25) is 9.59 Å². The molecular formula is C25H26BrFN2O3. The molecule has 168 valence electrons. The van der Waals surface area contributed by atoms with Crippen molar-refractivity contribution in [1.29, 1.82) is 0 Å². The average molecular weight is 501 g/mol. The molecule has 0 aliphatic heterocycles. The van der Waals surface area contributed by atoms with E-state index in [4.69, 9.17) is 4.74 Å². The lowest BCUT2D eigenvalue weighted by Gasteiger charge is -2.29. The van der Waals surface area contributed by atoms with E-state index in [1.165, 1.54) is 11.0 Å². The van der Waals surface area contributed by atoms with Gasteiger partial charge in [0.2, 0.25) is 5.91 Å². The summed E-state index contributed by atoms with van der Waals surface area (Å²) in [5.74, 6) is -0.605. The fourth-order valence-electron chi connectivity index (χ4n) is 3.34. The van der Waals surface area contributed by atoms with Crippen LogP contribution in [0.25, 0.3) is 10.8 Å². The summed E-state index contributed by atoms with van der Waals surface area (Å²) in [5.41, 5.74) is 0.336. The third-order valence-corrected chi connectivity index (χ3v) is 6.01. The number of benzene rings is 3. The Hall–Kier alpha value is -2.93. The SMILES string of the molecule is CCCNC(=O)[C@H](C)N(Cc1ccccc1F)C(=O)COc1ccc2ccccc2c1Br. The third-order valence-electron chi connectivity index (χ3n) is 5.19. The molecule has 3 aromatic carbocycles. The Labute approximate surface area is 195 Å². The Morgan fingerprint density at radius 3 is 2.56 bits per heavy atom. The van der Waals surface area contributed by atoms with Gasteiger partial charge in [0.05, 0.1) is 4.47 Å². The molecule has 1 N–H and O–H groups in total. The predicted octanol–water partition coefficient (Wildman–Crippen LogP) is 5.06. The molecule has 0 saturated heterocycles. The minimum atomic E-state index is -0.780. The highest BCUT2D eigenvalue weighted by atomic mass is 79.9. The number of hydrogen-bond acceptors (Lipinski definition) is 3. The number of nitrogens with one attached hydrogen (secondary N) is 1. The van der Waals surface area contributed by atoms with Crippen molar-refractivity contribution in [3.05, 3.63) is 76.5 Å². The van der Waals surface area contributed by atoms with Crippen LogP contribution in [0.4, 0.5) is 4.39 Å². The molecule has 32 heavy (non-hydrogen) atoms. The summed E-state index contributed by atoms with van der Waals surface area (Å²) >= 11 is 3.55. The fourth-order valence-corrected chi connectivity index (χ4v) is 3.94. The second kappa shape index (κ2) is 11.1. The van der Waals surface area contributed by atoms with Crippen molar-refractivity contribution in [1.82, 2.24) is 10.2 Å². The molecular weight excluding hydrogens is 475 g/mol. The molecule has 0 aliphatic rings. The molecule has 7 heteroatoms. The molecule has 5 nitrogen and oxygen atoms in total. The first-order valence-electron chi connectivity index (χ1n) is 10.5. The molecule has 0 aliphatic carbocycles. The first kappa shape index (κ1) is 23.7. The van der Waals surface area contributed by atoms with Gasteiger partial charge in [0.1, 0.15) is 17.6 Å². The summed E-state index contributed by atoms with van der Waals surface area (Å²) in [6.45, 7) is 3.77. The standard InChI is InChI=1S/C25H26BrFN2O3/c1-3-14-28-25(31)17(2)29(15-19-9-5-7-11-21(19)27)23(30)16-32-22-13-12-18-8-4-6-10-20(18)24(22)26/h4-13,17H,3,14-16H2,1-2H3,(H,28,31)/t17-/m0/s1. The second-order valence-corrected chi connectivity index (χ2v) is 8.26. The van der Waals surface area contributed by atoms with Gasteiger partial charge in [-0.05, 0) is 52.2 Å². The van der Waals surface area contributed by atoms with Crippen molar-refractivity contribution in [2.75, 3.05) is 13.2 Å². The minimum Gasteiger partial charge on any atom is -0.483 e. The molecule has 0 saturated carbocycles. The summed E-state index contributed by atoms with van der Waals surface area (Å²) in [6, 6.07) is 17.0. The first-order chi connectivity index (χ1) is 15.4. The van der Waals surface area contributed by atoms with Crippen LogP contribution in [0.3, 0.4) is 0 Å². The number of halogens is 2. The van der Waals surface area contributed by atoms with Gasteiger partial charge < -0.3 is 15.0 Å². The van der Waals surface area contributed by atoms with E-state index in [-0.39, 0.29) is 19.1 Å². The van der Waals surface area contributed by atoms with Crippen molar-refractivity contribution in [3.63, 3.8) is 0 Å². The summed E-state index contributed by atoms with van der Waals surface area (Å²) < 4.78 is 20.8. The van der Waals surface area contributed by atoms with Crippen LogP contribution in [0.2, 0.25) is 0 Å². The molecule has 0 heterocycles. The van der Waals surface area contributed by atoms with Gasteiger partial charge >= 0.3 is 0 Å². The summed E-state index contributed by atoms with van der Waals surface area (Å²) in [4.78, 5) is 27.0. The van der Waals surface area contributed by atoms with E-state index in [0.717, 1.165) is 21.7 Å². The number of fused-ring (bicyclic) bond motifs is 1. The third kappa shape index (κ3) is 5.65. The molecule has 0 bridgehead atoms. The van der Waals surface area contributed by atoms with Crippen LogP contribution in [-0.4, -0.2) is 35.9 Å². The maximum absolute atomic E-state index is 14.3. The predicted molar refractivity (Wildman–Crippen MR) is 127 cm³/mol. The lowest BCUT2D eigenvalue weighted by molar-refractivity contribution is -0.142. The molecule has 0 unspecified atom stereocenters. The molecule has 3 aromatic rings. The molecule has 0 radical (unpaired) electrons. The molecule has 0 spiro atoms. The monoisotopic (exact) mass is 500 g/mol. The molecule has 1 atom stereocenters. The molecule has 0 aromatic heterocycles. The van der Waals surface area contributed by atoms with Crippen molar-refractivity contribution in [2.24, 2.45) is 0 Å². The van der Waals surface area contributed by atoms with E-state index in [9.17, 15) is 14.0 Å². The number of ether oxygens (including phenoxy) is 1. The molecule has 0 fully saturated rings. The smallest absolute Gasteiger partial charge is 0.261 e. The van der Waals surface area contributed by atoms with Gasteiger partial charge in [-0.15, -0.1) is 0 Å². The lowest BCUT2D eigenvalue weighted by atomic mass is 10.1. The number of rotatable bonds is 9. The van der Waals surface area contributed by atoms with Crippen LogP contribution in [0.15, 0.2) is 65.1 Å². The van der Waals surface area contributed by atoms with Crippen LogP contribution in [0.1, 0.15) is 25.8 Å². The first-order valence-corrected chi connectivity index (χ1v) is 11.3. The van der Waals surface area contributed by atoms with Gasteiger partial charge in [0, 0.05) is 18.7 Å². The van der Waals surface area contributed by atoms with Gasteiger partial charge in [0.15, 0.2) is 6.61 Å². The second-order valence-electron chi connectivity index (χ2n) is 7.47. The summed E-state index contributed by atoms with van der Waals surface area (Å²) in [6.07, 6.45) is 0.777. The van der Waals surface area contributed by atoms with Gasteiger partial charge in [0.25, 0.3) is 5.91 Å². The van der Waals surface area contributed by atoms with Crippen LogP contribution < -0.4 is 10.1 Å². The molecule has 3 rings (SSSR count). The van der Waals surface area contributed by atoms with Crippen molar-refractivity contribution in [3.8, 4) is 5.75 Å². The Bertz CT molecular complexity index is 1110. The number of carbonyl (C=O) groups is 2. The maximum atomic E-state index is 14.3. The van der Waals surface area contributed by atoms with Crippen LogP contribution >= 0.6 is 15.9 Å². The largest absolute Gasteiger partial charge is 0.483 e. The topological polar surface area (TPSA) is 58.6 Å². The minimum absolute atomic E-state index is 0.0333. The van der Waals surface area contributed by atoms with E-state index in [2.05, 4.69) is 21.2 Å². The zero-order valence-corrected chi connectivity index (χ0v) is 19.7. The van der Waals surface area contributed by atoms with E-state index < -0.39 is 17.8 Å². The molecule has 2 amide bonds.